The SMILES string of the molecule is CC(C)CCCCCC=CC#CC=COCC(O)CO. The lowest BCUT2D eigenvalue weighted by molar-refractivity contribution is 0.0385. The molecule has 3 nitrogen and oxygen atoms in total. The minimum Gasteiger partial charge on any atom is -0.498 e. The van der Waals surface area contributed by atoms with Crippen molar-refractivity contribution >= 4 is 0 Å². The lowest BCUT2D eigenvalue weighted by Crippen LogP contribution is -2.17. The minimum atomic E-state index is -0.830. The highest BCUT2D eigenvalue weighted by Gasteiger charge is 1.98. The van der Waals surface area contributed by atoms with Crippen molar-refractivity contribution in [3.63, 3.8) is 0 Å². The van der Waals surface area contributed by atoms with Crippen molar-refractivity contribution in [2.75, 3.05) is 13.2 Å². The maximum absolute atomic E-state index is 8.99. The van der Waals surface area contributed by atoms with Crippen molar-refractivity contribution in [3.8, 4) is 11.8 Å². The normalized spacial score (nSPS) is 12.8. The number of hydrogen-bond acceptors (Lipinski definition) is 3. The molecular weight excluding hydrogens is 252 g/mol. The second-order valence-corrected chi connectivity index (χ2v) is 5.20. The Morgan fingerprint density at radius 1 is 1.10 bits per heavy atom. The van der Waals surface area contributed by atoms with Gasteiger partial charge in [0.25, 0.3) is 0 Å². The molecule has 0 radical (unpaired) electrons. The minimum absolute atomic E-state index is 0.0842. The van der Waals surface area contributed by atoms with Crippen LogP contribution < -0.4 is 0 Å². The van der Waals surface area contributed by atoms with Gasteiger partial charge >= 0.3 is 0 Å². The van der Waals surface area contributed by atoms with Gasteiger partial charge in [-0.25, -0.2) is 0 Å². The first-order chi connectivity index (χ1) is 9.66. The highest BCUT2D eigenvalue weighted by atomic mass is 16.5. The summed E-state index contributed by atoms with van der Waals surface area (Å²) < 4.78 is 4.96. The molecule has 0 aliphatic rings. The Bertz CT molecular complexity index is 321. The number of ether oxygens (including phenoxy) is 1. The first-order valence-corrected chi connectivity index (χ1v) is 7.38. The maximum atomic E-state index is 8.99. The number of allylic oxidation sites excluding steroid dienone is 3. The van der Waals surface area contributed by atoms with E-state index in [9.17, 15) is 0 Å². The Hall–Kier alpha value is -1.24. The predicted molar refractivity (Wildman–Crippen MR) is 83.0 cm³/mol. The Morgan fingerprint density at radius 2 is 1.85 bits per heavy atom. The van der Waals surface area contributed by atoms with E-state index in [4.69, 9.17) is 14.9 Å². The zero-order valence-electron chi connectivity index (χ0n) is 12.7. The molecular formula is C17H28O3. The van der Waals surface area contributed by atoms with Gasteiger partial charge in [0.15, 0.2) is 0 Å². The van der Waals surface area contributed by atoms with Gasteiger partial charge in [0.05, 0.1) is 12.9 Å². The number of hydrogen-bond donors (Lipinski definition) is 2. The van der Waals surface area contributed by atoms with Gasteiger partial charge in [-0.3, -0.25) is 0 Å². The third-order valence-corrected chi connectivity index (χ3v) is 2.68. The van der Waals surface area contributed by atoms with Crippen LogP contribution in [-0.4, -0.2) is 29.5 Å². The van der Waals surface area contributed by atoms with Gasteiger partial charge < -0.3 is 14.9 Å². The summed E-state index contributed by atoms with van der Waals surface area (Å²) in [5.41, 5.74) is 0. The van der Waals surface area contributed by atoms with Gasteiger partial charge in [0.2, 0.25) is 0 Å². The zero-order valence-corrected chi connectivity index (χ0v) is 12.7. The molecule has 1 unspecified atom stereocenters. The van der Waals surface area contributed by atoms with E-state index in [-0.39, 0.29) is 13.2 Å². The average Bonchev–Trinajstić information content (AvgIpc) is 2.43. The van der Waals surface area contributed by atoms with Crippen LogP contribution in [0.4, 0.5) is 0 Å². The Balaban J connectivity index is 3.46. The van der Waals surface area contributed by atoms with Crippen LogP contribution in [0, 0.1) is 17.8 Å². The molecule has 0 aromatic rings. The fourth-order valence-corrected chi connectivity index (χ4v) is 1.53. The lowest BCUT2D eigenvalue weighted by Gasteiger charge is -2.04. The Kier molecular flexibility index (Phi) is 13.3. The largest absolute Gasteiger partial charge is 0.498 e. The highest BCUT2D eigenvalue weighted by Crippen LogP contribution is 2.09. The third-order valence-electron chi connectivity index (χ3n) is 2.68. The first kappa shape index (κ1) is 18.8. The van der Waals surface area contributed by atoms with Crippen molar-refractivity contribution in [3.05, 3.63) is 24.5 Å². The monoisotopic (exact) mass is 280 g/mol. The summed E-state index contributed by atoms with van der Waals surface area (Å²) in [6.07, 6.45) is 12.3. The average molecular weight is 280 g/mol. The molecule has 0 aliphatic heterocycles. The predicted octanol–water partition coefficient (Wildman–Crippen LogP) is 3.04. The van der Waals surface area contributed by atoms with Crippen molar-refractivity contribution in [1.29, 1.82) is 0 Å². The molecule has 0 aromatic carbocycles. The molecule has 0 saturated carbocycles. The van der Waals surface area contributed by atoms with Gasteiger partial charge in [0, 0.05) is 6.08 Å². The van der Waals surface area contributed by atoms with Crippen molar-refractivity contribution < 1.29 is 14.9 Å². The van der Waals surface area contributed by atoms with E-state index in [1.165, 1.54) is 31.9 Å². The van der Waals surface area contributed by atoms with Crippen molar-refractivity contribution in [1.82, 2.24) is 0 Å². The summed E-state index contributed by atoms with van der Waals surface area (Å²) in [4.78, 5) is 0. The standard InChI is InChI=1S/C17H28O3/c1-16(2)12-10-8-6-4-3-5-7-9-11-13-20-15-17(19)14-18/h3,5,11,13,16-19H,4,6,8,10,12,14-15H2,1-2H3. The van der Waals surface area contributed by atoms with Crippen LogP contribution in [-0.2, 0) is 4.74 Å². The highest BCUT2D eigenvalue weighted by molar-refractivity contribution is 5.22. The second-order valence-electron chi connectivity index (χ2n) is 5.20. The molecule has 0 spiro atoms. The van der Waals surface area contributed by atoms with E-state index in [0.717, 1.165) is 12.3 Å². The molecule has 114 valence electrons. The van der Waals surface area contributed by atoms with Gasteiger partial charge in [-0.2, -0.15) is 0 Å². The van der Waals surface area contributed by atoms with Crippen LogP contribution in [0.3, 0.4) is 0 Å². The summed E-state index contributed by atoms with van der Waals surface area (Å²) >= 11 is 0. The fourth-order valence-electron chi connectivity index (χ4n) is 1.53. The van der Waals surface area contributed by atoms with Crippen LogP contribution in [0.1, 0.15) is 46.0 Å². The summed E-state index contributed by atoms with van der Waals surface area (Å²) in [5, 5.41) is 17.5. The maximum Gasteiger partial charge on any atom is 0.115 e. The van der Waals surface area contributed by atoms with Crippen LogP contribution in [0.2, 0.25) is 0 Å². The molecule has 0 heterocycles. The van der Waals surface area contributed by atoms with E-state index in [1.54, 1.807) is 6.08 Å². The summed E-state index contributed by atoms with van der Waals surface area (Å²) in [6, 6.07) is 0. The van der Waals surface area contributed by atoms with Gasteiger partial charge in [-0.05, 0) is 24.8 Å². The Labute approximate surface area is 123 Å². The summed E-state index contributed by atoms with van der Waals surface area (Å²) in [5.74, 6) is 6.50. The quantitative estimate of drug-likeness (QED) is 0.367. The molecule has 0 aromatic heterocycles. The zero-order chi connectivity index (χ0) is 15.1. The molecule has 0 bridgehead atoms. The molecule has 3 heteroatoms. The second kappa shape index (κ2) is 14.2. The van der Waals surface area contributed by atoms with Crippen LogP contribution in [0.5, 0.6) is 0 Å². The van der Waals surface area contributed by atoms with Crippen LogP contribution >= 0.6 is 0 Å². The molecule has 1 atom stereocenters. The first-order valence-electron chi connectivity index (χ1n) is 7.38. The van der Waals surface area contributed by atoms with Gasteiger partial charge in [-0.1, -0.05) is 51.0 Å². The van der Waals surface area contributed by atoms with E-state index < -0.39 is 6.10 Å². The number of aliphatic hydroxyl groups excluding tert-OH is 2. The Morgan fingerprint density at radius 3 is 2.55 bits per heavy atom. The molecule has 0 aliphatic carbocycles. The summed E-state index contributed by atoms with van der Waals surface area (Å²) in [6.45, 7) is 4.31. The van der Waals surface area contributed by atoms with Crippen molar-refractivity contribution in [2.45, 2.75) is 52.1 Å². The fraction of sp³-hybridized carbons (Fsp3) is 0.647. The molecule has 0 saturated heterocycles. The number of rotatable bonds is 10. The number of unbranched alkanes of at least 4 members (excludes halogenated alkanes) is 3. The summed E-state index contributed by atoms with van der Waals surface area (Å²) in [7, 11) is 0. The molecule has 0 amide bonds. The van der Waals surface area contributed by atoms with E-state index >= 15 is 0 Å². The number of aliphatic hydroxyl groups is 2. The van der Waals surface area contributed by atoms with E-state index in [2.05, 4.69) is 31.8 Å². The van der Waals surface area contributed by atoms with Gasteiger partial charge in [0.1, 0.15) is 12.7 Å². The van der Waals surface area contributed by atoms with E-state index in [0.29, 0.717) is 0 Å². The van der Waals surface area contributed by atoms with Gasteiger partial charge in [-0.15, -0.1) is 0 Å². The van der Waals surface area contributed by atoms with Crippen molar-refractivity contribution in [2.24, 2.45) is 5.92 Å². The van der Waals surface area contributed by atoms with Crippen LogP contribution in [0.15, 0.2) is 24.5 Å². The molecule has 20 heavy (non-hydrogen) atoms. The topological polar surface area (TPSA) is 49.7 Å². The van der Waals surface area contributed by atoms with Crippen LogP contribution in [0.25, 0.3) is 0 Å². The smallest absolute Gasteiger partial charge is 0.115 e. The lowest BCUT2D eigenvalue weighted by atomic mass is 10.0. The third kappa shape index (κ3) is 14.8. The molecule has 0 fully saturated rings. The molecule has 0 rings (SSSR count). The molecule has 2 N–H and O–H groups in total. The van der Waals surface area contributed by atoms with E-state index in [1.807, 2.05) is 6.08 Å².